The molecular formula is C18H27NO13. The Hall–Kier alpha value is -1.50. The zero-order chi connectivity index (χ0) is 23.6. The third kappa shape index (κ3) is 5.35. The van der Waals surface area contributed by atoms with Crippen molar-refractivity contribution in [2.75, 3.05) is 13.2 Å². The molecule has 0 amide bonds. The smallest absolute Gasteiger partial charge is 0.229 e. The summed E-state index contributed by atoms with van der Waals surface area (Å²) in [6, 6.07) is 5.16. The van der Waals surface area contributed by atoms with E-state index in [0.717, 1.165) is 0 Å². The summed E-state index contributed by atoms with van der Waals surface area (Å²) in [5, 5.41) is 88.1. The molecule has 0 saturated carbocycles. The van der Waals surface area contributed by atoms with Gasteiger partial charge in [0, 0.05) is 12.1 Å². The summed E-state index contributed by atoms with van der Waals surface area (Å²) in [7, 11) is 0. The summed E-state index contributed by atoms with van der Waals surface area (Å²) < 4.78 is 21.4. The van der Waals surface area contributed by atoms with E-state index < -0.39 is 79.9 Å². The second-order valence-electron chi connectivity index (χ2n) is 7.49. The maximum absolute atomic E-state index is 10.9. The van der Waals surface area contributed by atoms with Crippen molar-refractivity contribution in [3.8, 4) is 5.75 Å². The molecule has 2 heterocycles. The zero-order valence-corrected chi connectivity index (χ0v) is 16.6. The van der Waals surface area contributed by atoms with Crippen LogP contribution in [-0.2, 0) is 14.2 Å². The van der Waals surface area contributed by atoms with Crippen LogP contribution in [0.2, 0.25) is 0 Å². The third-order valence-electron chi connectivity index (χ3n) is 5.30. The molecule has 2 aliphatic rings. The second kappa shape index (κ2) is 10.6. The van der Waals surface area contributed by atoms with Crippen LogP contribution < -0.4 is 9.96 Å². The van der Waals surface area contributed by atoms with Crippen molar-refractivity contribution in [3.05, 3.63) is 29.5 Å². The molecule has 14 nitrogen and oxygen atoms in total. The van der Waals surface area contributed by atoms with Crippen LogP contribution in [0.1, 0.15) is 0 Å². The van der Waals surface area contributed by atoms with E-state index in [2.05, 4.69) is 0 Å². The Kier molecular flexibility index (Phi) is 8.34. The van der Waals surface area contributed by atoms with Gasteiger partial charge < -0.3 is 59.9 Å². The Labute approximate surface area is 181 Å². The maximum Gasteiger partial charge on any atom is 0.229 e. The first-order valence-electron chi connectivity index (χ1n) is 9.75. The van der Waals surface area contributed by atoms with E-state index in [9.17, 15) is 41.0 Å². The van der Waals surface area contributed by atoms with Crippen LogP contribution >= 0.6 is 0 Å². The molecular weight excluding hydrogens is 438 g/mol. The quantitative estimate of drug-likeness (QED) is 0.172. The molecule has 32 heavy (non-hydrogen) atoms. The first-order valence-corrected chi connectivity index (χ1v) is 9.75. The first kappa shape index (κ1) is 25.1. The summed E-state index contributed by atoms with van der Waals surface area (Å²) >= 11 is 0. The number of benzene rings is 1. The standard InChI is InChI=1S/C18H27NO13/c20-5-9-11(21)13(23)15(25)17(31-9)29-6-10-12(22)14(24)16(26)18(32-10)30-8-3-1-7(2-4-8)19(27)28/h1-4,9-27H,5-6H2. The lowest BCUT2D eigenvalue weighted by molar-refractivity contribution is -0.991. The van der Waals surface area contributed by atoms with Crippen molar-refractivity contribution in [2.24, 2.45) is 0 Å². The average molecular weight is 465 g/mol. The minimum Gasteiger partial charge on any atom is -0.595 e. The molecule has 0 aromatic heterocycles. The van der Waals surface area contributed by atoms with E-state index in [1.807, 2.05) is 0 Å². The van der Waals surface area contributed by atoms with Crippen molar-refractivity contribution in [2.45, 2.75) is 61.4 Å². The zero-order valence-electron chi connectivity index (χ0n) is 16.6. The van der Waals surface area contributed by atoms with Crippen molar-refractivity contribution >= 4 is 5.69 Å². The van der Waals surface area contributed by atoms with Crippen LogP contribution in [0.5, 0.6) is 5.75 Å². The van der Waals surface area contributed by atoms with Gasteiger partial charge in [0.05, 0.1) is 13.2 Å². The Bertz CT molecular complexity index is 719. The van der Waals surface area contributed by atoms with Gasteiger partial charge in [0.1, 0.15) is 54.6 Å². The van der Waals surface area contributed by atoms with Gasteiger partial charge >= 0.3 is 0 Å². The molecule has 11 unspecified atom stereocenters. The summed E-state index contributed by atoms with van der Waals surface area (Å²) in [6.45, 7) is -1.15. The number of hydrogen-bond donors (Lipinski definition) is 9. The van der Waals surface area contributed by atoms with Crippen LogP contribution in [0.3, 0.4) is 0 Å². The van der Waals surface area contributed by atoms with Gasteiger partial charge in [0.2, 0.25) is 6.29 Å². The van der Waals surface area contributed by atoms with Gasteiger partial charge in [-0.3, -0.25) is 0 Å². The molecule has 1 aromatic carbocycles. The molecule has 14 heteroatoms. The summed E-state index contributed by atoms with van der Waals surface area (Å²) in [4.78, 5) is 0. The van der Waals surface area contributed by atoms with Crippen molar-refractivity contribution in [1.29, 1.82) is 0 Å². The van der Waals surface area contributed by atoms with Gasteiger partial charge in [0.15, 0.2) is 12.0 Å². The first-order chi connectivity index (χ1) is 15.1. The molecule has 9 N–H and O–H groups in total. The van der Waals surface area contributed by atoms with Crippen molar-refractivity contribution in [1.82, 2.24) is 0 Å². The molecule has 3 rings (SSSR count). The Balaban J connectivity index is 1.63. The van der Waals surface area contributed by atoms with Crippen LogP contribution in [0.4, 0.5) is 5.69 Å². The van der Waals surface area contributed by atoms with Gasteiger partial charge in [-0.1, -0.05) is 0 Å². The third-order valence-corrected chi connectivity index (χ3v) is 5.30. The fourth-order valence-electron chi connectivity index (χ4n) is 3.36. The predicted octanol–water partition coefficient (Wildman–Crippen LogP) is -4.91. The lowest BCUT2D eigenvalue weighted by Crippen LogP contribution is -2.99. The normalized spacial score (nSPS) is 41.3. The molecule has 2 saturated heterocycles. The molecule has 2 aliphatic heterocycles. The van der Waals surface area contributed by atoms with Crippen LogP contribution in [0, 0.1) is 5.21 Å². The fraction of sp³-hybridized carbons (Fsp3) is 0.667. The number of nitrogens with one attached hydrogen (secondary N) is 1. The minimum atomic E-state index is -1.70. The maximum atomic E-state index is 10.9. The topological polar surface area (TPSA) is 226 Å². The van der Waals surface area contributed by atoms with Crippen LogP contribution in [0.25, 0.3) is 0 Å². The van der Waals surface area contributed by atoms with Crippen LogP contribution in [0.15, 0.2) is 24.3 Å². The lowest BCUT2D eigenvalue weighted by atomic mass is 9.98. The molecule has 1 aromatic rings. The number of aliphatic hydroxyl groups excluding tert-OH is 7. The van der Waals surface area contributed by atoms with E-state index in [4.69, 9.17) is 24.2 Å². The lowest BCUT2D eigenvalue weighted by Gasteiger charge is -2.42. The fourth-order valence-corrected chi connectivity index (χ4v) is 3.36. The molecule has 11 atom stereocenters. The van der Waals surface area contributed by atoms with Gasteiger partial charge in [-0.25, -0.2) is 5.21 Å². The molecule has 182 valence electrons. The highest BCUT2D eigenvalue weighted by Gasteiger charge is 2.47. The summed E-state index contributed by atoms with van der Waals surface area (Å²) in [6.07, 6.45) is -15.3. The Morgan fingerprint density at radius 1 is 0.781 bits per heavy atom. The van der Waals surface area contributed by atoms with Crippen LogP contribution in [-0.4, -0.2) is 116 Å². The Morgan fingerprint density at radius 3 is 1.88 bits per heavy atom. The van der Waals surface area contributed by atoms with E-state index in [-0.39, 0.29) is 11.4 Å². The highest BCUT2D eigenvalue weighted by atomic mass is 16.8. The highest BCUT2D eigenvalue weighted by molar-refractivity contribution is 5.35. The van der Waals surface area contributed by atoms with Gasteiger partial charge in [0.25, 0.3) is 0 Å². The SMILES string of the molecule is [O-][NH+](O)c1ccc(OC2OC(COC3OC(CO)C(O)C(O)C3O)C(O)C(O)C2O)cc1. The van der Waals surface area contributed by atoms with Gasteiger partial charge in [-0.2, -0.15) is 5.23 Å². The number of rotatable bonds is 7. The number of hydrogen-bond acceptors (Lipinski definition) is 13. The second-order valence-corrected chi connectivity index (χ2v) is 7.49. The minimum absolute atomic E-state index is 0.00345. The highest BCUT2D eigenvalue weighted by Crippen LogP contribution is 2.27. The molecule has 0 radical (unpaired) electrons. The van der Waals surface area contributed by atoms with E-state index in [0.29, 0.717) is 0 Å². The largest absolute Gasteiger partial charge is 0.595 e. The van der Waals surface area contributed by atoms with Crippen molar-refractivity contribution in [3.63, 3.8) is 0 Å². The molecule has 0 aliphatic carbocycles. The summed E-state index contributed by atoms with van der Waals surface area (Å²) in [5.74, 6) is 0.122. The van der Waals surface area contributed by atoms with E-state index in [1.54, 1.807) is 0 Å². The number of aliphatic hydroxyl groups is 7. The van der Waals surface area contributed by atoms with Gasteiger partial charge in [-0.15, -0.1) is 0 Å². The number of ether oxygens (including phenoxy) is 4. The average Bonchev–Trinajstić information content (AvgIpc) is 2.78. The predicted molar refractivity (Wildman–Crippen MR) is 99.2 cm³/mol. The molecule has 0 bridgehead atoms. The van der Waals surface area contributed by atoms with Crippen molar-refractivity contribution < 1.29 is 65.1 Å². The summed E-state index contributed by atoms with van der Waals surface area (Å²) in [5.41, 5.74) is 0.00345. The Morgan fingerprint density at radius 2 is 1.31 bits per heavy atom. The number of quaternary nitrogens is 1. The van der Waals surface area contributed by atoms with E-state index >= 15 is 0 Å². The van der Waals surface area contributed by atoms with E-state index in [1.165, 1.54) is 24.3 Å². The van der Waals surface area contributed by atoms with Gasteiger partial charge in [-0.05, 0) is 12.1 Å². The monoisotopic (exact) mass is 465 g/mol. The molecule has 2 fully saturated rings. The molecule has 0 spiro atoms.